The third kappa shape index (κ3) is 2.73. The topological polar surface area (TPSA) is 39.8 Å². The average Bonchev–Trinajstić information content (AvgIpc) is 3.08. The smallest absolute Gasteiger partial charge is 0.338 e. The first-order valence-corrected chi connectivity index (χ1v) is 8.79. The Morgan fingerprint density at radius 3 is 2.70 bits per heavy atom. The molecular weight excluding hydrogens is 382 g/mol. The number of thiophene rings is 1. The standard InChI is InChI=1S/C18H13F4N3OS/c1-9-6-14-16(27-9)10-7-23-25(17(26)15(10)24(14)2)8-11-12(18(20,21)22)4-3-5-13(11)19/h3-7H,8H2,1-2H3. The Balaban J connectivity index is 1.91. The van der Waals surface area contributed by atoms with Gasteiger partial charge in [0.25, 0.3) is 5.56 Å². The van der Waals surface area contributed by atoms with E-state index in [0.29, 0.717) is 10.9 Å². The molecule has 0 amide bonds. The van der Waals surface area contributed by atoms with Crippen molar-refractivity contribution in [2.75, 3.05) is 0 Å². The van der Waals surface area contributed by atoms with E-state index in [1.807, 2.05) is 13.0 Å². The molecule has 0 bridgehead atoms. The normalized spacial score (nSPS) is 12.4. The molecule has 0 aliphatic heterocycles. The van der Waals surface area contributed by atoms with Crippen LogP contribution in [0.3, 0.4) is 0 Å². The van der Waals surface area contributed by atoms with Gasteiger partial charge in [-0.3, -0.25) is 4.79 Å². The van der Waals surface area contributed by atoms with E-state index in [2.05, 4.69) is 5.10 Å². The molecule has 9 heteroatoms. The molecule has 3 heterocycles. The molecule has 0 N–H and O–H groups in total. The fourth-order valence-electron chi connectivity index (χ4n) is 3.28. The molecule has 0 radical (unpaired) electrons. The largest absolute Gasteiger partial charge is 0.416 e. The van der Waals surface area contributed by atoms with Crippen molar-refractivity contribution >= 4 is 32.5 Å². The monoisotopic (exact) mass is 395 g/mol. The van der Waals surface area contributed by atoms with Crippen LogP contribution in [0.2, 0.25) is 0 Å². The molecule has 27 heavy (non-hydrogen) atoms. The van der Waals surface area contributed by atoms with E-state index < -0.39 is 35.2 Å². The van der Waals surface area contributed by atoms with Crippen LogP contribution in [0.25, 0.3) is 21.1 Å². The van der Waals surface area contributed by atoms with E-state index in [0.717, 1.165) is 38.0 Å². The summed E-state index contributed by atoms with van der Waals surface area (Å²) in [5, 5.41) is 4.64. The second kappa shape index (κ2) is 5.91. The lowest BCUT2D eigenvalue weighted by Crippen LogP contribution is -2.26. The van der Waals surface area contributed by atoms with Crippen LogP contribution in [-0.4, -0.2) is 14.3 Å². The van der Waals surface area contributed by atoms with Gasteiger partial charge in [0.15, 0.2) is 0 Å². The van der Waals surface area contributed by atoms with Crippen LogP contribution in [0.5, 0.6) is 0 Å². The molecule has 0 saturated heterocycles. The summed E-state index contributed by atoms with van der Waals surface area (Å²) in [4.78, 5) is 13.9. The Kier molecular flexibility index (Phi) is 3.88. The highest BCUT2D eigenvalue weighted by molar-refractivity contribution is 7.20. The average molecular weight is 395 g/mol. The summed E-state index contributed by atoms with van der Waals surface area (Å²) >= 11 is 1.51. The third-order valence-corrected chi connectivity index (χ3v) is 5.60. The van der Waals surface area contributed by atoms with Crippen LogP contribution in [-0.2, 0) is 19.8 Å². The Morgan fingerprint density at radius 2 is 2.00 bits per heavy atom. The predicted molar refractivity (Wildman–Crippen MR) is 95.6 cm³/mol. The predicted octanol–water partition coefficient (Wildman–Crippen LogP) is 4.46. The summed E-state index contributed by atoms with van der Waals surface area (Å²) in [6.07, 6.45) is -3.28. The molecule has 0 unspecified atom stereocenters. The van der Waals surface area contributed by atoms with Crippen LogP contribution in [0.4, 0.5) is 17.6 Å². The minimum atomic E-state index is -4.73. The van der Waals surface area contributed by atoms with Crippen molar-refractivity contribution in [2.24, 2.45) is 7.05 Å². The number of hydrogen-bond donors (Lipinski definition) is 0. The Labute approximate surface area is 154 Å². The second-order valence-electron chi connectivity index (χ2n) is 6.26. The van der Waals surface area contributed by atoms with E-state index >= 15 is 0 Å². The lowest BCUT2D eigenvalue weighted by molar-refractivity contribution is -0.138. The number of alkyl halides is 3. The van der Waals surface area contributed by atoms with Crippen LogP contribution in [0.1, 0.15) is 16.0 Å². The summed E-state index contributed by atoms with van der Waals surface area (Å²) < 4.78 is 57.2. The molecule has 140 valence electrons. The lowest BCUT2D eigenvalue weighted by atomic mass is 10.1. The molecule has 4 nitrogen and oxygen atoms in total. The lowest BCUT2D eigenvalue weighted by Gasteiger charge is -2.14. The van der Waals surface area contributed by atoms with Gasteiger partial charge >= 0.3 is 6.18 Å². The quantitative estimate of drug-likeness (QED) is 0.470. The van der Waals surface area contributed by atoms with Gasteiger partial charge in [-0.15, -0.1) is 11.3 Å². The highest BCUT2D eigenvalue weighted by Crippen LogP contribution is 2.34. The van der Waals surface area contributed by atoms with Gasteiger partial charge in [-0.1, -0.05) is 6.07 Å². The number of benzene rings is 1. The Bertz CT molecular complexity index is 1250. The van der Waals surface area contributed by atoms with E-state index in [1.54, 1.807) is 11.6 Å². The number of hydrogen-bond acceptors (Lipinski definition) is 3. The number of rotatable bonds is 2. The number of fused-ring (bicyclic) bond motifs is 3. The molecular formula is C18H13F4N3OS. The van der Waals surface area contributed by atoms with E-state index in [9.17, 15) is 22.4 Å². The fourth-order valence-corrected chi connectivity index (χ4v) is 4.33. The van der Waals surface area contributed by atoms with Gasteiger partial charge in [0.2, 0.25) is 0 Å². The highest BCUT2D eigenvalue weighted by atomic mass is 32.1. The van der Waals surface area contributed by atoms with Crippen LogP contribution in [0.15, 0.2) is 35.3 Å². The third-order valence-electron chi connectivity index (χ3n) is 4.53. The number of nitrogens with zero attached hydrogens (tertiary/aromatic N) is 3. The first-order chi connectivity index (χ1) is 12.7. The van der Waals surface area contributed by atoms with Gasteiger partial charge in [0.05, 0.1) is 28.5 Å². The molecule has 1 aromatic carbocycles. The van der Waals surface area contributed by atoms with Crippen LogP contribution in [0, 0.1) is 12.7 Å². The van der Waals surface area contributed by atoms with Crippen molar-refractivity contribution in [2.45, 2.75) is 19.6 Å². The molecule has 0 aliphatic rings. The van der Waals surface area contributed by atoms with Crippen molar-refractivity contribution in [3.8, 4) is 0 Å². The number of aromatic nitrogens is 3. The van der Waals surface area contributed by atoms with Gasteiger partial charge in [0, 0.05) is 22.9 Å². The van der Waals surface area contributed by atoms with Crippen molar-refractivity contribution in [1.82, 2.24) is 14.3 Å². The summed E-state index contributed by atoms with van der Waals surface area (Å²) in [7, 11) is 1.72. The second-order valence-corrected chi connectivity index (χ2v) is 7.52. The minimum Gasteiger partial charge on any atom is -0.338 e. The Hall–Kier alpha value is -2.68. The van der Waals surface area contributed by atoms with Crippen LogP contribution < -0.4 is 5.56 Å². The van der Waals surface area contributed by atoms with Gasteiger partial charge in [-0.2, -0.15) is 18.3 Å². The van der Waals surface area contributed by atoms with E-state index in [-0.39, 0.29) is 0 Å². The van der Waals surface area contributed by atoms with Crippen molar-refractivity contribution in [3.05, 3.63) is 62.6 Å². The zero-order valence-electron chi connectivity index (χ0n) is 14.3. The van der Waals surface area contributed by atoms with Gasteiger partial charge < -0.3 is 4.57 Å². The first kappa shape index (κ1) is 17.7. The minimum absolute atomic E-state index is 0.330. The van der Waals surface area contributed by atoms with Crippen molar-refractivity contribution in [3.63, 3.8) is 0 Å². The summed E-state index contributed by atoms with van der Waals surface area (Å²) in [6, 6.07) is 4.66. The zero-order chi connectivity index (χ0) is 19.5. The molecule has 4 rings (SSSR count). The molecule has 0 fully saturated rings. The van der Waals surface area contributed by atoms with Crippen molar-refractivity contribution in [1.29, 1.82) is 0 Å². The van der Waals surface area contributed by atoms with E-state index in [4.69, 9.17) is 0 Å². The molecule has 3 aromatic heterocycles. The number of halogens is 4. The summed E-state index contributed by atoms with van der Waals surface area (Å²) in [5.41, 5.74) is -1.10. The van der Waals surface area contributed by atoms with Gasteiger partial charge in [-0.25, -0.2) is 9.07 Å². The summed E-state index contributed by atoms with van der Waals surface area (Å²) in [6.45, 7) is 1.34. The molecule has 0 atom stereocenters. The SMILES string of the molecule is Cc1cc2c(s1)c1cnn(Cc3c(F)cccc3C(F)(F)F)c(=O)c1n2C. The first-order valence-electron chi connectivity index (χ1n) is 7.97. The Morgan fingerprint density at radius 1 is 1.26 bits per heavy atom. The summed E-state index contributed by atoms with van der Waals surface area (Å²) in [5.74, 6) is -1.03. The zero-order valence-corrected chi connectivity index (χ0v) is 15.1. The molecule has 0 spiro atoms. The number of aryl methyl sites for hydroxylation is 2. The molecule has 0 saturated carbocycles. The highest BCUT2D eigenvalue weighted by Gasteiger charge is 2.34. The maximum atomic E-state index is 14.1. The fraction of sp³-hybridized carbons (Fsp3) is 0.222. The maximum absolute atomic E-state index is 14.1. The van der Waals surface area contributed by atoms with Gasteiger partial charge in [-0.05, 0) is 25.1 Å². The van der Waals surface area contributed by atoms with Crippen LogP contribution >= 0.6 is 11.3 Å². The molecule has 0 aliphatic carbocycles. The molecule has 4 aromatic rings. The van der Waals surface area contributed by atoms with E-state index in [1.165, 1.54) is 17.5 Å². The van der Waals surface area contributed by atoms with Crippen molar-refractivity contribution < 1.29 is 17.6 Å². The van der Waals surface area contributed by atoms with Gasteiger partial charge in [0.1, 0.15) is 11.3 Å². The maximum Gasteiger partial charge on any atom is 0.416 e.